The molecule has 5 heteroatoms. The highest BCUT2D eigenvalue weighted by Gasteiger charge is 2.22. The molecule has 1 heterocycles. The fraction of sp³-hybridized carbons (Fsp3) is 0.214. The van der Waals surface area contributed by atoms with Gasteiger partial charge in [0.15, 0.2) is 0 Å². The molecule has 2 N–H and O–H groups in total. The van der Waals surface area contributed by atoms with Gasteiger partial charge in [0.2, 0.25) is 5.91 Å². The van der Waals surface area contributed by atoms with E-state index in [1.165, 1.54) is 11.1 Å². The molecule has 5 nitrogen and oxygen atoms in total. The van der Waals surface area contributed by atoms with Crippen molar-refractivity contribution in [2.45, 2.75) is 32.4 Å². The number of amides is 1. The molecule has 1 amide bonds. The first-order chi connectivity index (χ1) is 16.0. The van der Waals surface area contributed by atoms with Crippen LogP contribution in [0.15, 0.2) is 91.3 Å². The van der Waals surface area contributed by atoms with Gasteiger partial charge in [-0.3, -0.25) is 14.8 Å². The van der Waals surface area contributed by atoms with E-state index in [-0.39, 0.29) is 11.9 Å². The van der Waals surface area contributed by atoms with Crippen LogP contribution in [0.1, 0.15) is 29.7 Å². The molecular formula is C28H30N4O. The van der Waals surface area contributed by atoms with E-state index in [4.69, 9.17) is 0 Å². The largest absolute Gasteiger partial charge is 0.324 e. The van der Waals surface area contributed by atoms with Gasteiger partial charge in [-0.2, -0.15) is 5.10 Å². The van der Waals surface area contributed by atoms with Crippen molar-refractivity contribution in [1.29, 1.82) is 0 Å². The summed E-state index contributed by atoms with van der Waals surface area (Å²) >= 11 is 0. The summed E-state index contributed by atoms with van der Waals surface area (Å²) in [5, 5.41) is 10.8. The SMILES string of the molecule is Cc1ccc(C[C@H](C)N[C@@H](C(=O)Nc2ccc(-c3cnn(C)c3)cc2)c2ccccc2)cc1. The van der Waals surface area contributed by atoms with Crippen molar-refractivity contribution in [3.8, 4) is 11.1 Å². The van der Waals surface area contributed by atoms with Crippen LogP contribution in [0.3, 0.4) is 0 Å². The van der Waals surface area contributed by atoms with E-state index in [2.05, 4.69) is 53.8 Å². The lowest BCUT2D eigenvalue weighted by Crippen LogP contribution is -2.39. The Morgan fingerprint density at radius 3 is 2.27 bits per heavy atom. The molecule has 0 aliphatic heterocycles. The summed E-state index contributed by atoms with van der Waals surface area (Å²) in [7, 11) is 1.90. The second kappa shape index (κ2) is 10.3. The van der Waals surface area contributed by atoms with Crippen LogP contribution in [0.4, 0.5) is 5.69 Å². The number of nitrogens with zero attached hydrogens (tertiary/aromatic N) is 2. The van der Waals surface area contributed by atoms with E-state index < -0.39 is 6.04 Å². The van der Waals surface area contributed by atoms with Crippen molar-refractivity contribution in [1.82, 2.24) is 15.1 Å². The van der Waals surface area contributed by atoms with Gasteiger partial charge in [-0.15, -0.1) is 0 Å². The number of nitrogens with one attached hydrogen (secondary N) is 2. The van der Waals surface area contributed by atoms with Gasteiger partial charge in [-0.25, -0.2) is 0 Å². The maximum Gasteiger partial charge on any atom is 0.246 e. The molecule has 0 saturated carbocycles. The standard InChI is InChI=1S/C28H30N4O/c1-20-9-11-22(12-10-20)17-21(2)30-27(24-7-5-4-6-8-24)28(33)31-26-15-13-23(14-16-26)25-18-29-32(3)19-25/h4-16,18-19,21,27,30H,17H2,1-3H3,(H,31,33)/t21-,27+/m0/s1. The summed E-state index contributed by atoms with van der Waals surface area (Å²) in [6.45, 7) is 4.20. The third-order valence-corrected chi connectivity index (χ3v) is 5.70. The van der Waals surface area contributed by atoms with Crippen molar-refractivity contribution in [2.24, 2.45) is 7.05 Å². The smallest absolute Gasteiger partial charge is 0.246 e. The molecule has 0 unspecified atom stereocenters. The topological polar surface area (TPSA) is 59.0 Å². The number of aryl methyl sites for hydroxylation is 2. The maximum absolute atomic E-state index is 13.3. The van der Waals surface area contributed by atoms with E-state index in [1.807, 2.05) is 74.0 Å². The third-order valence-electron chi connectivity index (χ3n) is 5.70. The minimum atomic E-state index is -0.454. The van der Waals surface area contributed by atoms with Crippen molar-refractivity contribution >= 4 is 11.6 Å². The van der Waals surface area contributed by atoms with Gasteiger partial charge >= 0.3 is 0 Å². The van der Waals surface area contributed by atoms with Crippen molar-refractivity contribution in [3.05, 3.63) is 108 Å². The molecule has 0 radical (unpaired) electrons. The van der Waals surface area contributed by atoms with Gasteiger partial charge in [0.05, 0.1) is 6.20 Å². The average Bonchev–Trinajstić information content (AvgIpc) is 3.26. The van der Waals surface area contributed by atoms with Crippen LogP contribution in [0, 0.1) is 6.92 Å². The predicted octanol–water partition coefficient (Wildman–Crippen LogP) is 5.30. The Balaban J connectivity index is 1.47. The number of carbonyl (C=O) groups excluding carboxylic acids is 1. The molecule has 4 rings (SSSR count). The minimum absolute atomic E-state index is 0.0777. The van der Waals surface area contributed by atoms with Gasteiger partial charge in [0.1, 0.15) is 6.04 Å². The van der Waals surface area contributed by atoms with Gasteiger partial charge in [-0.05, 0) is 49.1 Å². The normalized spacial score (nSPS) is 12.8. The second-order valence-electron chi connectivity index (χ2n) is 8.57. The molecule has 0 saturated heterocycles. The summed E-state index contributed by atoms with van der Waals surface area (Å²) in [5.74, 6) is -0.0777. The van der Waals surface area contributed by atoms with Crippen LogP contribution in [-0.2, 0) is 18.3 Å². The van der Waals surface area contributed by atoms with Gasteiger partial charge in [0.25, 0.3) is 0 Å². The van der Waals surface area contributed by atoms with Crippen LogP contribution in [0.5, 0.6) is 0 Å². The van der Waals surface area contributed by atoms with E-state index in [1.54, 1.807) is 4.68 Å². The summed E-state index contributed by atoms with van der Waals surface area (Å²) in [6.07, 6.45) is 4.65. The van der Waals surface area contributed by atoms with Gasteiger partial charge < -0.3 is 5.32 Å². The fourth-order valence-corrected chi connectivity index (χ4v) is 3.92. The summed E-state index contributed by atoms with van der Waals surface area (Å²) in [5.41, 5.74) is 6.31. The molecule has 0 bridgehead atoms. The fourth-order valence-electron chi connectivity index (χ4n) is 3.92. The first kappa shape index (κ1) is 22.5. The number of anilines is 1. The highest BCUT2D eigenvalue weighted by Crippen LogP contribution is 2.22. The van der Waals surface area contributed by atoms with Crippen LogP contribution < -0.4 is 10.6 Å². The van der Waals surface area contributed by atoms with Crippen molar-refractivity contribution in [2.75, 3.05) is 5.32 Å². The highest BCUT2D eigenvalue weighted by atomic mass is 16.2. The van der Waals surface area contributed by atoms with Crippen LogP contribution in [0.2, 0.25) is 0 Å². The first-order valence-electron chi connectivity index (χ1n) is 11.2. The lowest BCUT2D eigenvalue weighted by molar-refractivity contribution is -0.118. The molecule has 168 valence electrons. The minimum Gasteiger partial charge on any atom is -0.324 e. The molecule has 2 atom stereocenters. The number of rotatable bonds is 8. The predicted molar refractivity (Wildman–Crippen MR) is 134 cm³/mol. The molecule has 0 aliphatic carbocycles. The van der Waals surface area contributed by atoms with E-state index in [9.17, 15) is 4.79 Å². The quantitative estimate of drug-likeness (QED) is 0.393. The summed E-state index contributed by atoms with van der Waals surface area (Å²) < 4.78 is 1.78. The lowest BCUT2D eigenvalue weighted by atomic mass is 10.0. The molecule has 0 spiro atoms. The zero-order chi connectivity index (χ0) is 23.2. The summed E-state index contributed by atoms with van der Waals surface area (Å²) in [6, 6.07) is 25.9. The monoisotopic (exact) mass is 438 g/mol. The summed E-state index contributed by atoms with van der Waals surface area (Å²) in [4.78, 5) is 13.3. The molecule has 0 aliphatic rings. The third kappa shape index (κ3) is 5.96. The molecular weight excluding hydrogens is 408 g/mol. The molecule has 4 aromatic rings. The van der Waals surface area contributed by atoms with Crippen LogP contribution in [0.25, 0.3) is 11.1 Å². The Morgan fingerprint density at radius 2 is 1.64 bits per heavy atom. The number of hydrogen-bond acceptors (Lipinski definition) is 3. The van der Waals surface area contributed by atoms with E-state index in [0.717, 1.165) is 28.8 Å². The Kier molecular flexibility index (Phi) is 7.01. The Labute approximate surface area is 195 Å². The molecule has 1 aromatic heterocycles. The zero-order valence-electron chi connectivity index (χ0n) is 19.3. The number of hydrogen-bond donors (Lipinski definition) is 2. The molecule has 3 aromatic carbocycles. The van der Waals surface area contributed by atoms with Crippen molar-refractivity contribution in [3.63, 3.8) is 0 Å². The number of aromatic nitrogens is 2. The van der Waals surface area contributed by atoms with Gasteiger partial charge in [0, 0.05) is 30.5 Å². The molecule has 33 heavy (non-hydrogen) atoms. The first-order valence-corrected chi connectivity index (χ1v) is 11.2. The average molecular weight is 439 g/mol. The number of benzene rings is 3. The Bertz CT molecular complexity index is 1180. The highest BCUT2D eigenvalue weighted by molar-refractivity contribution is 5.95. The van der Waals surface area contributed by atoms with Crippen LogP contribution >= 0.6 is 0 Å². The Morgan fingerprint density at radius 1 is 0.939 bits per heavy atom. The lowest BCUT2D eigenvalue weighted by Gasteiger charge is -2.23. The number of carbonyl (C=O) groups is 1. The maximum atomic E-state index is 13.3. The zero-order valence-corrected chi connectivity index (χ0v) is 19.3. The van der Waals surface area contributed by atoms with Crippen LogP contribution in [-0.4, -0.2) is 21.7 Å². The van der Waals surface area contributed by atoms with Crippen molar-refractivity contribution < 1.29 is 4.79 Å². The second-order valence-corrected chi connectivity index (χ2v) is 8.57. The molecule has 0 fully saturated rings. The van der Waals surface area contributed by atoms with E-state index >= 15 is 0 Å². The van der Waals surface area contributed by atoms with Gasteiger partial charge in [-0.1, -0.05) is 72.3 Å². The Hall–Kier alpha value is -3.70. The van der Waals surface area contributed by atoms with E-state index in [0.29, 0.717) is 0 Å².